The van der Waals surface area contributed by atoms with Crippen molar-refractivity contribution in [2.24, 2.45) is 0 Å². The number of hydrogen-bond acceptors (Lipinski definition) is 5. The molecule has 4 nitrogen and oxygen atoms in total. The quantitative estimate of drug-likeness (QED) is 0.880. The Bertz CT molecular complexity index is 576. The number of methoxy groups -OCH3 is 1. The van der Waals surface area contributed by atoms with Gasteiger partial charge >= 0.3 is 0 Å². The van der Waals surface area contributed by atoms with Crippen LogP contribution in [0.15, 0.2) is 35.0 Å². The van der Waals surface area contributed by atoms with E-state index in [4.69, 9.17) is 10.00 Å². The highest BCUT2D eigenvalue weighted by Gasteiger charge is 2.09. The maximum atomic E-state index is 9.99. The molecule has 2 N–H and O–H groups in total. The van der Waals surface area contributed by atoms with Gasteiger partial charge in [-0.3, -0.25) is 0 Å². The molecule has 0 spiro atoms. The van der Waals surface area contributed by atoms with Crippen LogP contribution in [0.3, 0.4) is 0 Å². The first-order valence-electron chi connectivity index (χ1n) is 5.76. The van der Waals surface area contributed by atoms with Crippen molar-refractivity contribution in [1.29, 1.82) is 5.26 Å². The van der Waals surface area contributed by atoms with Gasteiger partial charge in [0.15, 0.2) is 0 Å². The van der Waals surface area contributed by atoms with Crippen LogP contribution in [-0.2, 0) is 0 Å². The third-order valence-corrected chi connectivity index (χ3v) is 3.46. The molecule has 0 saturated carbocycles. The molecule has 1 aromatic carbocycles. The van der Waals surface area contributed by atoms with Crippen molar-refractivity contribution in [2.45, 2.75) is 6.10 Å². The first-order chi connectivity index (χ1) is 9.24. The van der Waals surface area contributed by atoms with Crippen LogP contribution in [0.1, 0.15) is 17.2 Å². The van der Waals surface area contributed by atoms with Crippen molar-refractivity contribution in [3.8, 4) is 11.8 Å². The Labute approximate surface area is 115 Å². The summed E-state index contributed by atoms with van der Waals surface area (Å²) in [6, 6.07) is 9.17. The largest absolute Gasteiger partial charge is 0.497 e. The summed E-state index contributed by atoms with van der Waals surface area (Å²) in [4.78, 5) is 0. The van der Waals surface area contributed by atoms with Gasteiger partial charge in [0.1, 0.15) is 11.8 Å². The number of benzene rings is 1. The maximum absolute atomic E-state index is 9.99. The third-order valence-electron chi connectivity index (χ3n) is 2.76. The van der Waals surface area contributed by atoms with Gasteiger partial charge in [-0.15, -0.1) is 0 Å². The van der Waals surface area contributed by atoms with Crippen LogP contribution in [0.5, 0.6) is 5.75 Å². The van der Waals surface area contributed by atoms with E-state index < -0.39 is 6.10 Å². The van der Waals surface area contributed by atoms with Crippen molar-refractivity contribution in [3.63, 3.8) is 0 Å². The number of ether oxygens (including phenoxy) is 1. The SMILES string of the molecule is COc1ccc(C#N)c(NCC(O)c2ccsc2)c1. The third kappa shape index (κ3) is 3.25. The predicted octanol–water partition coefficient (Wildman–Crippen LogP) is 2.77. The molecule has 0 aliphatic rings. The van der Waals surface area contributed by atoms with Gasteiger partial charge in [-0.2, -0.15) is 16.6 Å². The van der Waals surface area contributed by atoms with E-state index in [9.17, 15) is 5.11 Å². The van der Waals surface area contributed by atoms with Crippen LogP contribution in [0, 0.1) is 11.3 Å². The first-order valence-corrected chi connectivity index (χ1v) is 6.71. The summed E-state index contributed by atoms with van der Waals surface area (Å²) >= 11 is 1.54. The van der Waals surface area contributed by atoms with Crippen LogP contribution in [-0.4, -0.2) is 18.8 Å². The predicted molar refractivity (Wildman–Crippen MR) is 75.5 cm³/mol. The van der Waals surface area contributed by atoms with Gasteiger partial charge < -0.3 is 15.2 Å². The van der Waals surface area contributed by atoms with Crippen LogP contribution >= 0.6 is 11.3 Å². The standard InChI is InChI=1S/C14H14N2O2S/c1-18-12-3-2-10(7-15)13(6-12)16-8-14(17)11-4-5-19-9-11/h2-6,9,14,16-17H,8H2,1H3. The monoisotopic (exact) mass is 274 g/mol. The molecule has 1 atom stereocenters. The highest BCUT2D eigenvalue weighted by atomic mass is 32.1. The molecule has 0 saturated heterocycles. The summed E-state index contributed by atoms with van der Waals surface area (Å²) in [6.07, 6.45) is -0.594. The molecule has 0 aliphatic heterocycles. The molecule has 0 fully saturated rings. The molecule has 2 rings (SSSR count). The summed E-state index contributed by atoms with van der Waals surface area (Å²) in [5.41, 5.74) is 2.06. The maximum Gasteiger partial charge on any atom is 0.121 e. The van der Waals surface area contributed by atoms with Crippen molar-refractivity contribution in [1.82, 2.24) is 0 Å². The lowest BCUT2D eigenvalue weighted by molar-refractivity contribution is 0.192. The van der Waals surface area contributed by atoms with E-state index in [1.165, 1.54) is 0 Å². The lowest BCUT2D eigenvalue weighted by Crippen LogP contribution is -2.12. The van der Waals surface area contributed by atoms with Gasteiger partial charge in [-0.25, -0.2) is 0 Å². The fraction of sp³-hybridized carbons (Fsp3) is 0.214. The highest BCUT2D eigenvalue weighted by Crippen LogP contribution is 2.23. The Kier molecular flexibility index (Phi) is 4.39. The molecule has 0 bridgehead atoms. The van der Waals surface area contributed by atoms with E-state index in [-0.39, 0.29) is 0 Å². The molecular formula is C14H14N2O2S. The topological polar surface area (TPSA) is 65.3 Å². The number of rotatable bonds is 5. The molecule has 1 heterocycles. The normalized spacial score (nSPS) is 11.6. The van der Waals surface area contributed by atoms with Crippen molar-refractivity contribution >= 4 is 17.0 Å². The fourth-order valence-corrected chi connectivity index (χ4v) is 2.39. The second-order valence-corrected chi connectivity index (χ2v) is 4.76. The minimum Gasteiger partial charge on any atom is -0.497 e. The molecule has 2 aromatic rings. The number of aliphatic hydroxyl groups is 1. The van der Waals surface area contributed by atoms with Crippen LogP contribution in [0.25, 0.3) is 0 Å². The average Bonchev–Trinajstić information content (AvgIpc) is 2.98. The first kappa shape index (κ1) is 13.4. The van der Waals surface area contributed by atoms with Crippen molar-refractivity contribution in [3.05, 3.63) is 46.2 Å². The van der Waals surface area contributed by atoms with Gasteiger partial charge in [0, 0.05) is 12.6 Å². The molecular weight excluding hydrogens is 260 g/mol. The Morgan fingerprint density at radius 1 is 1.47 bits per heavy atom. The van der Waals surface area contributed by atoms with Gasteiger partial charge in [0.2, 0.25) is 0 Å². The molecule has 1 aromatic heterocycles. The van der Waals surface area contributed by atoms with Crippen molar-refractivity contribution < 1.29 is 9.84 Å². The van der Waals surface area contributed by atoms with Crippen LogP contribution < -0.4 is 10.1 Å². The van der Waals surface area contributed by atoms with E-state index in [1.54, 1.807) is 36.6 Å². The molecule has 5 heteroatoms. The second-order valence-electron chi connectivity index (χ2n) is 3.98. The summed E-state index contributed by atoms with van der Waals surface area (Å²) in [6.45, 7) is 0.346. The Balaban J connectivity index is 2.08. The van der Waals surface area contributed by atoms with Gasteiger partial charge in [0.05, 0.1) is 24.5 Å². The Morgan fingerprint density at radius 2 is 2.32 bits per heavy atom. The summed E-state index contributed by atoms with van der Waals surface area (Å²) in [5.74, 6) is 0.673. The molecule has 0 amide bonds. The molecule has 0 aliphatic carbocycles. The number of nitrogens with one attached hydrogen (secondary N) is 1. The molecule has 19 heavy (non-hydrogen) atoms. The minimum absolute atomic E-state index is 0.346. The molecule has 98 valence electrons. The number of nitriles is 1. The molecule has 1 unspecified atom stereocenters. The van der Waals surface area contributed by atoms with E-state index in [0.29, 0.717) is 23.5 Å². The summed E-state index contributed by atoms with van der Waals surface area (Å²) < 4.78 is 5.12. The fourth-order valence-electron chi connectivity index (χ4n) is 1.68. The van der Waals surface area contributed by atoms with Crippen molar-refractivity contribution in [2.75, 3.05) is 19.0 Å². The van der Waals surface area contributed by atoms with E-state index in [0.717, 1.165) is 5.56 Å². The number of anilines is 1. The van der Waals surface area contributed by atoms with Crippen LogP contribution in [0.4, 0.5) is 5.69 Å². The Hall–Kier alpha value is -2.03. The van der Waals surface area contributed by atoms with E-state index in [2.05, 4.69) is 11.4 Å². The van der Waals surface area contributed by atoms with E-state index >= 15 is 0 Å². The highest BCUT2D eigenvalue weighted by molar-refractivity contribution is 7.07. The van der Waals surface area contributed by atoms with Gasteiger partial charge in [0.25, 0.3) is 0 Å². The number of aliphatic hydroxyl groups excluding tert-OH is 1. The summed E-state index contributed by atoms with van der Waals surface area (Å²) in [5, 5.41) is 25.9. The van der Waals surface area contributed by atoms with Gasteiger partial charge in [-0.1, -0.05) is 0 Å². The van der Waals surface area contributed by atoms with Crippen LogP contribution in [0.2, 0.25) is 0 Å². The zero-order valence-electron chi connectivity index (χ0n) is 10.5. The zero-order chi connectivity index (χ0) is 13.7. The zero-order valence-corrected chi connectivity index (χ0v) is 11.3. The Morgan fingerprint density at radius 3 is 2.95 bits per heavy atom. The number of hydrogen-bond donors (Lipinski definition) is 2. The smallest absolute Gasteiger partial charge is 0.121 e. The summed E-state index contributed by atoms with van der Waals surface area (Å²) in [7, 11) is 1.57. The van der Waals surface area contributed by atoms with Gasteiger partial charge in [-0.05, 0) is 34.5 Å². The number of nitrogens with zero attached hydrogens (tertiary/aromatic N) is 1. The second kappa shape index (κ2) is 6.23. The lowest BCUT2D eigenvalue weighted by atomic mass is 10.1. The lowest BCUT2D eigenvalue weighted by Gasteiger charge is -2.13. The number of thiophene rings is 1. The average molecular weight is 274 g/mol. The van der Waals surface area contributed by atoms with E-state index in [1.807, 2.05) is 16.8 Å². The molecule has 0 radical (unpaired) electrons. The minimum atomic E-state index is -0.594.